The van der Waals surface area contributed by atoms with E-state index >= 15 is 0 Å². The maximum Gasteiger partial charge on any atom is 0.308 e. The molecule has 0 aromatic carbocycles. The van der Waals surface area contributed by atoms with Crippen LogP contribution in [0.1, 0.15) is 6.92 Å². The van der Waals surface area contributed by atoms with Crippen molar-refractivity contribution < 1.29 is 27.4 Å². The Balaban J connectivity index is 5.26. The molecular weight excluding hydrogens is 210 g/mol. The van der Waals surface area contributed by atoms with E-state index in [9.17, 15) is 18.3 Å². The lowest BCUT2D eigenvalue weighted by Crippen LogP contribution is -2.57. The van der Waals surface area contributed by atoms with Gasteiger partial charge < -0.3 is 9.59 Å². The number of rotatable bonds is 4. The molecule has 0 fully saturated rings. The molecule has 14 heavy (non-hydrogen) atoms. The molecule has 0 aliphatic carbocycles. The highest BCUT2D eigenvalue weighted by molar-refractivity contribution is 7.87. The zero-order valence-electron chi connectivity index (χ0n) is 8.68. The molecule has 84 valence electrons. The third-order valence-corrected chi connectivity index (χ3v) is 2.94. The van der Waals surface area contributed by atoms with E-state index in [1.807, 2.05) is 0 Å². The number of ketones is 1. The van der Waals surface area contributed by atoms with E-state index in [1.165, 1.54) is 0 Å². The summed E-state index contributed by atoms with van der Waals surface area (Å²) in [5.74, 6) is -0.993. The lowest BCUT2D eigenvalue weighted by Gasteiger charge is -2.31. The molecule has 0 aliphatic heterocycles. The Labute approximate surface area is 83.5 Å². The van der Waals surface area contributed by atoms with Crippen molar-refractivity contribution in [3.63, 3.8) is 0 Å². The number of hydrogen-bond acceptors (Lipinski definition) is 4. The maximum absolute atomic E-state index is 11.0. The Morgan fingerprint density at radius 1 is 1.36 bits per heavy atom. The molecule has 1 unspecified atom stereocenters. The van der Waals surface area contributed by atoms with Crippen molar-refractivity contribution in [3.8, 4) is 0 Å². The first kappa shape index (κ1) is 13.5. The topological polar surface area (TPSA) is 91.7 Å². The van der Waals surface area contributed by atoms with Gasteiger partial charge in [0.15, 0.2) is 5.78 Å². The molecule has 0 radical (unpaired) electrons. The minimum atomic E-state index is -4.81. The Morgan fingerprint density at radius 2 is 1.71 bits per heavy atom. The van der Waals surface area contributed by atoms with Crippen molar-refractivity contribution in [1.29, 1.82) is 0 Å². The van der Waals surface area contributed by atoms with Gasteiger partial charge >= 0.3 is 10.1 Å². The highest BCUT2D eigenvalue weighted by Gasteiger charge is 2.50. The minimum absolute atomic E-state index is 0.0376. The van der Waals surface area contributed by atoms with Crippen LogP contribution in [0.5, 0.6) is 0 Å². The van der Waals surface area contributed by atoms with Crippen molar-refractivity contribution in [2.24, 2.45) is 0 Å². The van der Waals surface area contributed by atoms with Crippen LogP contribution < -0.4 is 0 Å². The molecule has 0 amide bonds. The van der Waals surface area contributed by atoms with Gasteiger partial charge in [-0.2, -0.15) is 8.42 Å². The van der Waals surface area contributed by atoms with Gasteiger partial charge in [0.25, 0.3) is 4.93 Å². The van der Waals surface area contributed by atoms with Crippen molar-refractivity contribution in [3.05, 3.63) is 0 Å². The largest absolute Gasteiger partial charge is 0.362 e. The third kappa shape index (κ3) is 3.02. The highest BCUT2D eigenvalue weighted by atomic mass is 32.2. The normalized spacial score (nSPS) is 17.6. The summed E-state index contributed by atoms with van der Waals surface area (Å²) in [5.41, 5.74) is 0. The predicted molar refractivity (Wildman–Crippen MR) is 50.1 cm³/mol. The lowest BCUT2D eigenvalue weighted by molar-refractivity contribution is -0.873. The summed E-state index contributed by atoms with van der Waals surface area (Å²) in [6, 6.07) is 0. The fourth-order valence-corrected chi connectivity index (χ4v) is 1.93. The SMILES string of the molecule is CC(=O)C(O)(C[N+](C)(C)C)S(=O)(=O)O. The zero-order chi connectivity index (χ0) is 11.8. The van der Waals surface area contributed by atoms with E-state index in [4.69, 9.17) is 4.55 Å². The van der Waals surface area contributed by atoms with Gasteiger partial charge in [-0.3, -0.25) is 9.35 Å². The fraction of sp³-hybridized carbons (Fsp3) is 0.857. The quantitative estimate of drug-likeness (QED) is 0.467. The molecule has 0 saturated heterocycles. The number of quaternary nitrogens is 1. The van der Waals surface area contributed by atoms with Crippen LogP contribution in [0.4, 0.5) is 0 Å². The van der Waals surface area contributed by atoms with E-state index < -0.39 is 27.4 Å². The first-order valence-corrected chi connectivity index (χ1v) is 5.35. The summed E-state index contributed by atoms with van der Waals surface area (Å²) >= 11 is 0. The van der Waals surface area contributed by atoms with Gasteiger partial charge in [0.2, 0.25) is 0 Å². The Kier molecular flexibility index (Phi) is 3.45. The third-order valence-electron chi connectivity index (χ3n) is 1.67. The number of Topliss-reactive ketones (excluding diaryl/α,β-unsaturated/α-hetero) is 1. The van der Waals surface area contributed by atoms with Gasteiger partial charge in [-0.15, -0.1) is 0 Å². The average molecular weight is 226 g/mol. The predicted octanol–water partition coefficient (Wildman–Crippen LogP) is -1.14. The fourth-order valence-electron chi connectivity index (χ4n) is 1.02. The molecule has 0 aliphatic rings. The maximum atomic E-state index is 11.0. The summed E-state index contributed by atoms with van der Waals surface area (Å²) in [5, 5.41) is 9.56. The summed E-state index contributed by atoms with van der Waals surface area (Å²) < 4.78 is 30.5. The van der Waals surface area contributed by atoms with Crippen LogP contribution in [-0.2, 0) is 14.9 Å². The Bertz CT molecular complexity index is 328. The molecule has 0 bridgehead atoms. The number of carbonyl (C=O) groups excluding carboxylic acids is 1. The van der Waals surface area contributed by atoms with E-state index in [0.717, 1.165) is 6.92 Å². The second kappa shape index (κ2) is 3.58. The van der Waals surface area contributed by atoms with E-state index in [2.05, 4.69) is 0 Å². The van der Waals surface area contributed by atoms with Crippen molar-refractivity contribution in [1.82, 2.24) is 0 Å². The molecule has 7 heteroatoms. The van der Waals surface area contributed by atoms with E-state index in [0.29, 0.717) is 0 Å². The average Bonchev–Trinajstić information content (AvgIpc) is 1.79. The Hall–Kier alpha value is -0.500. The molecule has 0 saturated carbocycles. The molecule has 2 N–H and O–H groups in total. The molecule has 0 rings (SSSR count). The smallest absolute Gasteiger partial charge is 0.308 e. The van der Waals surface area contributed by atoms with Gasteiger partial charge in [0, 0.05) is 0 Å². The summed E-state index contributed by atoms with van der Waals surface area (Å²) in [4.78, 5) is 8.27. The van der Waals surface area contributed by atoms with Crippen LogP contribution >= 0.6 is 0 Å². The molecule has 6 nitrogen and oxygen atoms in total. The van der Waals surface area contributed by atoms with Crippen LogP contribution in [0, 0.1) is 0 Å². The first-order valence-electron chi connectivity index (χ1n) is 3.91. The number of hydrogen-bond donors (Lipinski definition) is 2. The summed E-state index contributed by atoms with van der Waals surface area (Å²) in [7, 11) is -0.0175. The van der Waals surface area contributed by atoms with Crippen LogP contribution in [0.25, 0.3) is 0 Å². The standard InChI is InChI=1S/C7H15NO5S/c1-6(9)7(10,14(11,12)13)5-8(2,3)4/h10H,5H2,1-4H3/p+1. The number of nitrogens with zero attached hydrogens (tertiary/aromatic N) is 1. The van der Waals surface area contributed by atoms with Gasteiger partial charge in [-0.1, -0.05) is 0 Å². The lowest BCUT2D eigenvalue weighted by atomic mass is 10.2. The van der Waals surface area contributed by atoms with Crippen molar-refractivity contribution >= 4 is 15.9 Å². The van der Waals surface area contributed by atoms with E-state index in [1.54, 1.807) is 21.1 Å². The van der Waals surface area contributed by atoms with Crippen molar-refractivity contribution in [2.75, 3.05) is 27.7 Å². The number of likely N-dealkylation sites (N-methyl/N-ethyl adjacent to an activating group) is 1. The van der Waals surface area contributed by atoms with E-state index in [-0.39, 0.29) is 4.48 Å². The monoisotopic (exact) mass is 226 g/mol. The first-order chi connectivity index (χ1) is 5.90. The molecular formula is C7H16NO5S+. The Morgan fingerprint density at radius 3 is 1.79 bits per heavy atom. The molecule has 0 aromatic heterocycles. The highest BCUT2D eigenvalue weighted by Crippen LogP contribution is 2.17. The van der Waals surface area contributed by atoms with Crippen LogP contribution in [0.2, 0.25) is 0 Å². The van der Waals surface area contributed by atoms with Gasteiger partial charge in [-0.25, -0.2) is 0 Å². The summed E-state index contributed by atoms with van der Waals surface area (Å²) in [6.45, 7) is 0.518. The zero-order valence-corrected chi connectivity index (χ0v) is 9.50. The van der Waals surface area contributed by atoms with Gasteiger partial charge in [-0.05, 0) is 6.92 Å². The second-order valence-electron chi connectivity index (χ2n) is 4.26. The molecule has 0 heterocycles. The van der Waals surface area contributed by atoms with Crippen LogP contribution in [0.3, 0.4) is 0 Å². The molecule has 0 aromatic rings. The minimum Gasteiger partial charge on any atom is -0.362 e. The number of aliphatic hydroxyl groups is 1. The van der Waals surface area contributed by atoms with Crippen molar-refractivity contribution in [2.45, 2.75) is 11.9 Å². The number of carbonyl (C=O) groups is 1. The van der Waals surface area contributed by atoms with Crippen LogP contribution in [-0.4, -0.2) is 61.0 Å². The summed E-state index contributed by atoms with van der Waals surface area (Å²) in [6.07, 6.45) is 0. The second-order valence-corrected chi connectivity index (χ2v) is 5.89. The van der Waals surface area contributed by atoms with Crippen LogP contribution in [0.15, 0.2) is 0 Å². The van der Waals surface area contributed by atoms with Gasteiger partial charge in [0.05, 0.1) is 21.1 Å². The molecule has 0 spiro atoms. The molecule has 1 atom stereocenters. The van der Waals surface area contributed by atoms with Gasteiger partial charge in [0.1, 0.15) is 6.54 Å².